The van der Waals surface area contributed by atoms with Gasteiger partial charge in [0.15, 0.2) is 0 Å². The molecule has 29 heavy (non-hydrogen) atoms. The van der Waals surface area contributed by atoms with E-state index < -0.39 is 5.54 Å². The number of aromatic amines is 1. The van der Waals surface area contributed by atoms with Crippen molar-refractivity contribution in [3.8, 4) is 6.07 Å². The summed E-state index contributed by atoms with van der Waals surface area (Å²) in [5.74, 6) is 1.43. The SMILES string of the molecule is CC(C)CN1CCC[C@H](C(=O)NC(C)(Cc2ccc(C#N)cc2)c2ncc[nH]2)C1. The van der Waals surface area contributed by atoms with E-state index in [1.807, 2.05) is 31.2 Å². The van der Waals surface area contributed by atoms with Gasteiger partial charge in [-0.15, -0.1) is 0 Å². The van der Waals surface area contributed by atoms with Crippen LogP contribution in [0.1, 0.15) is 50.6 Å². The average Bonchev–Trinajstić information content (AvgIpc) is 3.24. The van der Waals surface area contributed by atoms with Crippen molar-refractivity contribution in [2.75, 3.05) is 19.6 Å². The number of rotatable bonds is 7. The first kappa shape index (κ1) is 21.1. The Bertz CT molecular complexity index is 837. The van der Waals surface area contributed by atoms with Gasteiger partial charge in [-0.05, 0) is 49.9 Å². The molecule has 1 aliphatic heterocycles. The van der Waals surface area contributed by atoms with Crippen molar-refractivity contribution in [3.05, 3.63) is 53.6 Å². The zero-order valence-electron chi connectivity index (χ0n) is 17.6. The number of H-pyrrole nitrogens is 1. The Morgan fingerprint density at radius 3 is 2.79 bits per heavy atom. The summed E-state index contributed by atoms with van der Waals surface area (Å²) in [7, 11) is 0. The Hall–Kier alpha value is -2.65. The van der Waals surface area contributed by atoms with E-state index in [4.69, 9.17) is 5.26 Å². The van der Waals surface area contributed by atoms with E-state index in [1.54, 1.807) is 12.4 Å². The van der Waals surface area contributed by atoms with Crippen LogP contribution in [0.15, 0.2) is 36.7 Å². The van der Waals surface area contributed by atoms with Crippen molar-refractivity contribution in [1.82, 2.24) is 20.2 Å². The van der Waals surface area contributed by atoms with Gasteiger partial charge in [0.05, 0.1) is 23.1 Å². The number of aromatic nitrogens is 2. The maximum Gasteiger partial charge on any atom is 0.225 e. The molecule has 1 aromatic carbocycles. The van der Waals surface area contributed by atoms with Crippen molar-refractivity contribution in [3.63, 3.8) is 0 Å². The van der Waals surface area contributed by atoms with Crippen LogP contribution in [-0.2, 0) is 16.8 Å². The van der Waals surface area contributed by atoms with Gasteiger partial charge in [-0.25, -0.2) is 4.98 Å². The minimum Gasteiger partial charge on any atom is -0.347 e. The Labute approximate surface area is 173 Å². The molecule has 6 nitrogen and oxygen atoms in total. The third-order valence-corrected chi connectivity index (χ3v) is 5.56. The topological polar surface area (TPSA) is 84.8 Å². The molecule has 0 aliphatic carbocycles. The van der Waals surface area contributed by atoms with Crippen molar-refractivity contribution >= 4 is 5.91 Å². The molecule has 0 saturated carbocycles. The summed E-state index contributed by atoms with van der Waals surface area (Å²) in [5, 5.41) is 12.3. The van der Waals surface area contributed by atoms with E-state index in [9.17, 15) is 4.79 Å². The number of hydrogen-bond donors (Lipinski definition) is 2. The monoisotopic (exact) mass is 393 g/mol. The van der Waals surface area contributed by atoms with Crippen LogP contribution in [0.3, 0.4) is 0 Å². The number of amides is 1. The van der Waals surface area contributed by atoms with Crippen LogP contribution in [0.4, 0.5) is 0 Å². The molecular weight excluding hydrogens is 362 g/mol. The molecule has 1 aliphatic rings. The van der Waals surface area contributed by atoms with E-state index in [1.165, 1.54) is 0 Å². The molecule has 1 amide bonds. The number of imidazole rings is 1. The van der Waals surface area contributed by atoms with Gasteiger partial charge in [0, 0.05) is 31.9 Å². The van der Waals surface area contributed by atoms with Crippen LogP contribution in [0.25, 0.3) is 0 Å². The molecule has 1 saturated heterocycles. The molecular formula is C23H31N5O. The predicted molar refractivity (Wildman–Crippen MR) is 113 cm³/mol. The summed E-state index contributed by atoms with van der Waals surface area (Å²) in [4.78, 5) is 23.2. The largest absolute Gasteiger partial charge is 0.347 e. The van der Waals surface area contributed by atoms with E-state index in [2.05, 4.69) is 40.1 Å². The highest BCUT2D eigenvalue weighted by molar-refractivity contribution is 5.80. The molecule has 1 fully saturated rings. The van der Waals surface area contributed by atoms with E-state index in [0.717, 1.165) is 43.9 Å². The quantitative estimate of drug-likeness (QED) is 0.756. The number of hydrogen-bond acceptors (Lipinski definition) is 4. The van der Waals surface area contributed by atoms with Crippen LogP contribution < -0.4 is 5.32 Å². The fourth-order valence-corrected chi connectivity index (χ4v) is 4.19. The van der Waals surface area contributed by atoms with Gasteiger partial charge in [0.1, 0.15) is 5.82 Å². The van der Waals surface area contributed by atoms with E-state index in [0.29, 0.717) is 17.9 Å². The first-order valence-corrected chi connectivity index (χ1v) is 10.4. The fraction of sp³-hybridized carbons (Fsp3) is 0.522. The standard InChI is InChI=1S/C23H31N5O/c1-17(2)15-28-12-4-5-20(16-28)21(29)27-23(3,22-25-10-11-26-22)13-18-6-8-19(14-24)9-7-18/h6-11,17,20H,4-5,12-13,15-16H2,1-3H3,(H,25,26)(H,27,29)/t20-,23?/m0/s1. The molecule has 6 heteroatoms. The number of nitrogens with one attached hydrogen (secondary N) is 2. The normalized spacial score (nSPS) is 19.5. The first-order valence-electron chi connectivity index (χ1n) is 10.4. The van der Waals surface area contributed by atoms with Crippen molar-refractivity contribution in [2.24, 2.45) is 11.8 Å². The second kappa shape index (κ2) is 9.23. The number of nitriles is 1. The molecule has 1 unspecified atom stereocenters. The zero-order chi connectivity index (χ0) is 20.9. The van der Waals surface area contributed by atoms with Crippen molar-refractivity contribution in [2.45, 2.75) is 45.6 Å². The average molecular weight is 394 g/mol. The minimum atomic E-state index is -0.644. The third kappa shape index (κ3) is 5.45. The number of likely N-dealkylation sites (tertiary alicyclic amines) is 1. The molecule has 0 bridgehead atoms. The van der Waals surface area contributed by atoms with Gasteiger partial charge < -0.3 is 15.2 Å². The van der Waals surface area contributed by atoms with Gasteiger partial charge in [-0.1, -0.05) is 26.0 Å². The highest BCUT2D eigenvalue weighted by Gasteiger charge is 2.35. The van der Waals surface area contributed by atoms with Gasteiger partial charge in [0.25, 0.3) is 0 Å². The second-order valence-corrected chi connectivity index (χ2v) is 8.74. The fourth-order valence-electron chi connectivity index (χ4n) is 4.19. The second-order valence-electron chi connectivity index (χ2n) is 8.74. The highest BCUT2D eigenvalue weighted by Crippen LogP contribution is 2.25. The van der Waals surface area contributed by atoms with Gasteiger partial charge in [0.2, 0.25) is 5.91 Å². The smallest absolute Gasteiger partial charge is 0.225 e. The van der Waals surface area contributed by atoms with Crippen LogP contribution >= 0.6 is 0 Å². The summed E-state index contributed by atoms with van der Waals surface area (Å²) in [6, 6.07) is 9.65. The first-order chi connectivity index (χ1) is 13.9. The molecule has 0 radical (unpaired) electrons. The third-order valence-electron chi connectivity index (χ3n) is 5.56. The lowest BCUT2D eigenvalue weighted by Gasteiger charge is -2.36. The van der Waals surface area contributed by atoms with Gasteiger partial charge in [-0.2, -0.15) is 5.26 Å². The van der Waals surface area contributed by atoms with Crippen LogP contribution in [0, 0.1) is 23.2 Å². The highest BCUT2D eigenvalue weighted by atomic mass is 16.2. The lowest BCUT2D eigenvalue weighted by atomic mass is 9.89. The molecule has 0 spiro atoms. The maximum atomic E-state index is 13.2. The number of carbonyl (C=O) groups excluding carboxylic acids is 1. The Balaban J connectivity index is 1.75. The predicted octanol–water partition coefficient (Wildman–Crippen LogP) is 3.22. The summed E-state index contributed by atoms with van der Waals surface area (Å²) in [6.45, 7) is 9.36. The molecule has 2 heterocycles. The van der Waals surface area contributed by atoms with E-state index in [-0.39, 0.29) is 11.8 Å². The zero-order valence-corrected chi connectivity index (χ0v) is 17.6. The molecule has 154 valence electrons. The number of carbonyl (C=O) groups is 1. The van der Waals surface area contributed by atoms with Crippen LogP contribution in [-0.4, -0.2) is 40.4 Å². The van der Waals surface area contributed by atoms with Gasteiger partial charge in [-0.3, -0.25) is 4.79 Å². The Morgan fingerprint density at radius 2 is 2.17 bits per heavy atom. The number of nitrogens with zero attached hydrogens (tertiary/aromatic N) is 3. The van der Waals surface area contributed by atoms with Crippen molar-refractivity contribution in [1.29, 1.82) is 5.26 Å². The van der Waals surface area contributed by atoms with Crippen LogP contribution in [0.2, 0.25) is 0 Å². The summed E-state index contributed by atoms with van der Waals surface area (Å²) < 4.78 is 0. The summed E-state index contributed by atoms with van der Waals surface area (Å²) >= 11 is 0. The minimum absolute atomic E-state index is 0.00208. The summed E-state index contributed by atoms with van der Waals surface area (Å²) in [5.41, 5.74) is 1.04. The lowest BCUT2D eigenvalue weighted by Crippen LogP contribution is -2.51. The van der Waals surface area contributed by atoms with Gasteiger partial charge >= 0.3 is 0 Å². The molecule has 2 atom stereocenters. The molecule has 2 aromatic rings. The Kier molecular flexibility index (Phi) is 6.71. The van der Waals surface area contributed by atoms with Crippen molar-refractivity contribution < 1.29 is 4.79 Å². The van der Waals surface area contributed by atoms with Crippen LogP contribution in [0.5, 0.6) is 0 Å². The Morgan fingerprint density at radius 1 is 1.41 bits per heavy atom. The molecule has 3 rings (SSSR count). The maximum absolute atomic E-state index is 13.2. The lowest BCUT2D eigenvalue weighted by molar-refractivity contribution is -0.128. The van der Waals surface area contributed by atoms with E-state index >= 15 is 0 Å². The molecule has 1 aromatic heterocycles. The molecule has 2 N–H and O–H groups in total. The number of piperidine rings is 1. The summed E-state index contributed by atoms with van der Waals surface area (Å²) in [6.07, 6.45) is 6.07. The number of benzene rings is 1.